The molecule has 0 spiro atoms. The Morgan fingerprint density at radius 1 is 1.04 bits per heavy atom. The average Bonchev–Trinajstić information content (AvgIpc) is 3.08. The van der Waals surface area contributed by atoms with Gasteiger partial charge in [0.15, 0.2) is 6.61 Å². The highest BCUT2D eigenvalue weighted by atomic mass is 32.2. The van der Waals surface area contributed by atoms with Crippen LogP contribution >= 0.6 is 23.5 Å². The van der Waals surface area contributed by atoms with Crippen molar-refractivity contribution in [2.75, 3.05) is 30.1 Å². The second-order valence-electron chi connectivity index (χ2n) is 11.6. The summed E-state index contributed by atoms with van der Waals surface area (Å²) in [6.45, 7) is 2.00. The number of carbonyl (C=O) groups is 4. The fraction of sp³-hybridized carbons (Fsp3) is 0.353. The summed E-state index contributed by atoms with van der Waals surface area (Å²) in [7, 11) is 0. The van der Waals surface area contributed by atoms with Gasteiger partial charge in [0.25, 0.3) is 5.91 Å². The van der Waals surface area contributed by atoms with Crippen molar-refractivity contribution in [3.05, 3.63) is 89.7 Å². The molecule has 10 nitrogen and oxygen atoms in total. The minimum absolute atomic E-state index is 0.166. The van der Waals surface area contributed by atoms with Crippen LogP contribution in [0.4, 0.5) is 10.1 Å². The summed E-state index contributed by atoms with van der Waals surface area (Å²) >= 11 is 2.95. The van der Waals surface area contributed by atoms with Crippen molar-refractivity contribution in [3.63, 3.8) is 0 Å². The van der Waals surface area contributed by atoms with E-state index in [1.807, 2.05) is 30.5 Å². The van der Waals surface area contributed by atoms with Crippen molar-refractivity contribution in [2.45, 2.75) is 49.1 Å². The molecule has 1 fully saturated rings. The van der Waals surface area contributed by atoms with Gasteiger partial charge >= 0.3 is 5.97 Å². The van der Waals surface area contributed by atoms with E-state index in [9.17, 15) is 33.8 Å². The summed E-state index contributed by atoms with van der Waals surface area (Å²) in [6.07, 6.45) is 1.20. The first-order valence-corrected chi connectivity index (χ1v) is 16.9. The number of nitrogens with zero attached hydrogens (tertiary/aromatic N) is 1. The Kier molecular flexibility index (Phi) is 11.4. The number of aliphatic hydroxyl groups excluding tert-OH is 1. The van der Waals surface area contributed by atoms with Crippen LogP contribution in [0.15, 0.2) is 77.7 Å². The number of thioether (sulfide) groups is 2. The van der Waals surface area contributed by atoms with Crippen LogP contribution in [0, 0.1) is 11.2 Å². The zero-order chi connectivity index (χ0) is 35.0. The van der Waals surface area contributed by atoms with Crippen LogP contribution < -0.4 is 20.3 Å². The van der Waals surface area contributed by atoms with Crippen LogP contribution in [0.2, 0.25) is 0 Å². The van der Waals surface area contributed by atoms with Crippen molar-refractivity contribution in [2.24, 2.45) is 5.41 Å². The van der Waals surface area contributed by atoms with Gasteiger partial charge in [-0.15, -0.1) is 23.5 Å². The number of carboxylic acids is 1. The number of hydrogen-bond donors (Lipinski definition) is 4. The van der Waals surface area contributed by atoms with E-state index >= 15 is 0 Å². The predicted octanol–water partition coefficient (Wildman–Crippen LogP) is 4.58. The molecule has 4 rings (SSSR count). The van der Waals surface area contributed by atoms with Gasteiger partial charge in [-0.3, -0.25) is 14.4 Å². The quantitative estimate of drug-likeness (QED) is 0.142. The van der Waals surface area contributed by atoms with E-state index in [2.05, 4.69) is 10.6 Å². The van der Waals surface area contributed by atoms with Crippen LogP contribution in [0.5, 0.6) is 5.75 Å². The summed E-state index contributed by atoms with van der Waals surface area (Å²) in [5.74, 6) is -2.54. The maximum atomic E-state index is 13.7. The number of nitrogens with one attached hydrogen (secondary N) is 2. The van der Waals surface area contributed by atoms with E-state index in [1.54, 1.807) is 54.8 Å². The van der Waals surface area contributed by atoms with Gasteiger partial charge in [0.1, 0.15) is 22.9 Å². The molecule has 1 saturated heterocycles. The molecular weight excluding hydrogens is 646 g/mol. The molecule has 13 heteroatoms. The smallest absolute Gasteiger partial charge is 0.326 e. The summed E-state index contributed by atoms with van der Waals surface area (Å²) in [5.41, 5.74) is 1.05. The van der Waals surface area contributed by atoms with E-state index in [1.165, 1.54) is 36.0 Å². The molecule has 3 amide bonds. The van der Waals surface area contributed by atoms with Crippen LogP contribution in [0.1, 0.15) is 45.4 Å². The largest absolute Gasteiger partial charge is 0.484 e. The molecule has 3 aromatic rings. The second-order valence-corrected chi connectivity index (χ2v) is 13.7. The number of ether oxygens (including phenoxy) is 1. The van der Waals surface area contributed by atoms with E-state index in [0.717, 1.165) is 16.0 Å². The molecule has 0 radical (unpaired) electrons. The highest BCUT2D eigenvalue weighted by molar-refractivity contribution is 8.00. The highest BCUT2D eigenvalue weighted by Gasteiger charge is 2.49. The first-order chi connectivity index (χ1) is 22.8. The number of carboxylic acid groups (broad SMARTS) is 1. The van der Waals surface area contributed by atoms with E-state index in [0.29, 0.717) is 11.4 Å². The third-order valence-corrected chi connectivity index (χ3v) is 9.53. The Morgan fingerprint density at radius 2 is 1.70 bits per heavy atom. The van der Waals surface area contributed by atoms with Gasteiger partial charge in [0, 0.05) is 17.7 Å². The fourth-order valence-electron chi connectivity index (χ4n) is 4.90. The lowest BCUT2D eigenvalue weighted by Gasteiger charge is -2.47. The Morgan fingerprint density at radius 3 is 2.30 bits per heavy atom. The number of aliphatic carboxylic acids is 1. The Bertz CT molecular complexity index is 1590. The number of carbonyl (C=O) groups excluding carboxylic acids is 3. The second kappa shape index (κ2) is 15.7. The zero-order valence-corrected chi connectivity index (χ0v) is 27.8. The van der Waals surface area contributed by atoms with E-state index in [4.69, 9.17) is 6.11 Å². The molecule has 0 saturated carbocycles. The van der Waals surface area contributed by atoms with Gasteiger partial charge in [0.2, 0.25) is 11.8 Å². The first kappa shape index (κ1) is 34.3. The molecule has 47 heavy (non-hydrogen) atoms. The number of β-lactam (4-membered cyclic amide) rings is 1. The lowest BCUT2D eigenvalue weighted by molar-refractivity contribution is -0.144. The number of hydrogen-bond acceptors (Lipinski definition) is 8. The van der Waals surface area contributed by atoms with Crippen molar-refractivity contribution in [3.8, 4) is 5.75 Å². The molecular formula is C34H38FN3O7S2. The normalized spacial score (nSPS) is 17.6. The van der Waals surface area contributed by atoms with Crippen LogP contribution in [-0.4, -0.2) is 70.4 Å². The van der Waals surface area contributed by atoms with Crippen LogP contribution in [0.25, 0.3) is 0 Å². The number of benzene rings is 3. The standard InChI is InChI=1S/C34H38FN3O7S2/c1-34(2,3)31(33(43)44)37-27(40)17-36-28(41)18-45-24-13-5-21(6-14-24)29-30(32(42)38(29)23-11-9-22(35)10-12-23)47-19-26(39)20-7-15-25(46-4)16-8-20/h5-16,26,29-31,39H,17-19H2,1-4H3,(H,36,41)(H,37,40)(H,43,44)/t26?,29-,30-,31-/m1/s1/i1D. The first-order valence-electron chi connectivity index (χ1n) is 15.4. The maximum absolute atomic E-state index is 13.7. The Balaban J connectivity index is 1.37. The minimum atomic E-state index is -1.29. The van der Waals surface area contributed by atoms with Gasteiger partial charge in [0.05, 0.1) is 18.7 Å². The zero-order valence-electron chi connectivity index (χ0n) is 27.1. The molecule has 4 atom stereocenters. The summed E-state index contributed by atoms with van der Waals surface area (Å²) in [5, 5.41) is 24.5. The Hall–Kier alpha value is -4.07. The summed E-state index contributed by atoms with van der Waals surface area (Å²) < 4.78 is 26.8. The Labute approximate surface area is 282 Å². The number of anilines is 1. The molecule has 1 aliphatic heterocycles. The van der Waals surface area contributed by atoms with Crippen molar-refractivity contribution in [1.29, 1.82) is 0 Å². The predicted molar refractivity (Wildman–Crippen MR) is 180 cm³/mol. The van der Waals surface area contributed by atoms with E-state index in [-0.39, 0.29) is 18.6 Å². The monoisotopic (exact) mass is 684 g/mol. The molecule has 0 aromatic heterocycles. The van der Waals surface area contributed by atoms with Crippen molar-refractivity contribution >= 4 is 52.9 Å². The van der Waals surface area contributed by atoms with Crippen molar-refractivity contribution < 1.29 is 39.9 Å². The van der Waals surface area contributed by atoms with Gasteiger partial charge in [-0.05, 0) is 71.3 Å². The van der Waals surface area contributed by atoms with Gasteiger partial charge in [-0.2, -0.15) is 0 Å². The molecule has 250 valence electrons. The highest BCUT2D eigenvalue weighted by Crippen LogP contribution is 2.46. The maximum Gasteiger partial charge on any atom is 0.326 e. The molecule has 0 aliphatic carbocycles. The SMILES string of the molecule is [2H]CC(C)(C)[C@H](NC(=O)CNC(=O)COc1ccc([C@@H]2[C@@H](SCC(O)c3ccc(SC)cc3)C(=O)N2c2ccc(F)cc2)cc1)C(=O)O. The van der Waals surface area contributed by atoms with E-state index < -0.39 is 65.6 Å². The fourth-order valence-corrected chi connectivity index (χ4v) is 6.61. The molecule has 1 aliphatic rings. The van der Waals surface area contributed by atoms with Gasteiger partial charge < -0.3 is 30.5 Å². The summed E-state index contributed by atoms with van der Waals surface area (Å²) in [4.78, 5) is 52.2. The third-order valence-electron chi connectivity index (χ3n) is 7.46. The number of halogens is 1. The lowest BCUT2D eigenvalue weighted by Crippen LogP contribution is -2.57. The van der Waals surface area contributed by atoms with Crippen LogP contribution in [-0.2, 0) is 19.2 Å². The van der Waals surface area contributed by atoms with Crippen molar-refractivity contribution in [1.82, 2.24) is 10.6 Å². The van der Waals surface area contributed by atoms with Gasteiger partial charge in [-0.1, -0.05) is 45.0 Å². The number of rotatable bonds is 14. The molecule has 3 aromatic carbocycles. The molecule has 0 bridgehead atoms. The molecule has 1 unspecified atom stereocenters. The third kappa shape index (κ3) is 9.27. The summed E-state index contributed by atoms with van der Waals surface area (Å²) in [6, 6.07) is 18.4. The average molecular weight is 685 g/mol. The number of amides is 3. The van der Waals surface area contributed by atoms with Gasteiger partial charge in [-0.25, -0.2) is 9.18 Å². The topological polar surface area (TPSA) is 145 Å². The molecule has 4 N–H and O–H groups in total. The lowest BCUT2D eigenvalue weighted by atomic mass is 9.87. The minimum Gasteiger partial charge on any atom is -0.484 e. The number of aliphatic hydroxyl groups is 1. The molecule has 1 heterocycles. The van der Waals surface area contributed by atoms with Crippen LogP contribution in [0.3, 0.4) is 0 Å².